The van der Waals surface area contributed by atoms with E-state index >= 15 is 0 Å². The second-order valence-electron chi connectivity index (χ2n) is 4.70. The molecule has 1 N–H and O–H groups in total. The summed E-state index contributed by atoms with van der Waals surface area (Å²) in [5.41, 5.74) is 2.36. The van der Waals surface area contributed by atoms with Crippen molar-refractivity contribution < 1.29 is 13.2 Å². The van der Waals surface area contributed by atoms with E-state index in [1.807, 2.05) is 31.2 Å². The summed E-state index contributed by atoms with van der Waals surface area (Å²) in [6, 6.07) is 13.0. The van der Waals surface area contributed by atoms with E-state index in [4.69, 9.17) is 0 Å². The van der Waals surface area contributed by atoms with Crippen LogP contribution in [-0.2, 0) is 6.18 Å². The number of rotatable bonds is 3. The maximum Gasteiger partial charge on any atom is 0.416 e. The minimum atomic E-state index is -4.30. The molecule has 0 aliphatic carbocycles. The van der Waals surface area contributed by atoms with Crippen molar-refractivity contribution in [3.8, 4) is 0 Å². The fourth-order valence-corrected chi connectivity index (χ4v) is 2.28. The van der Waals surface area contributed by atoms with Gasteiger partial charge in [-0.05, 0) is 42.8 Å². The first-order chi connectivity index (χ1) is 9.43. The van der Waals surface area contributed by atoms with Crippen LogP contribution in [0, 0.1) is 6.92 Å². The normalized spacial score (nSPS) is 13.2. The van der Waals surface area contributed by atoms with E-state index in [1.165, 1.54) is 12.1 Å². The fourth-order valence-electron chi connectivity index (χ4n) is 2.28. The molecule has 1 nitrogen and oxygen atoms in total. The van der Waals surface area contributed by atoms with Crippen LogP contribution < -0.4 is 5.32 Å². The molecule has 1 atom stereocenters. The quantitative estimate of drug-likeness (QED) is 0.882. The predicted octanol–water partition coefficient (Wildman–Crippen LogP) is 4.32. The zero-order chi connectivity index (χ0) is 14.8. The second kappa shape index (κ2) is 5.67. The van der Waals surface area contributed by atoms with Crippen LogP contribution in [0.25, 0.3) is 0 Å². The third-order valence-corrected chi connectivity index (χ3v) is 3.36. The third-order valence-electron chi connectivity index (χ3n) is 3.36. The Balaban J connectivity index is 2.36. The van der Waals surface area contributed by atoms with Crippen LogP contribution in [0.1, 0.15) is 28.3 Å². The molecule has 2 aromatic rings. The van der Waals surface area contributed by atoms with E-state index in [2.05, 4.69) is 5.32 Å². The van der Waals surface area contributed by atoms with Crippen LogP contribution in [0.2, 0.25) is 0 Å². The Labute approximate surface area is 116 Å². The van der Waals surface area contributed by atoms with Crippen LogP contribution in [0.15, 0.2) is 48.5 Å². The van der Waals surface area contributed by atoms with E-state index < -0.39 is 11.7 Å². The van der Waals surface area contributed by atoms with Crippen molar-refractivity contribution in [1.82, 2.24) is 5.32 Å². The highest BCUT2D eigenvalue weighted by atomic mass is 19.4. The summed E-state index contributed by atoms with van der Waals surface area (Å²) in [5.74, 6) is 0. The minimum absolute atomic E-state index is 0.113. The van der Waals surface area contributed by atoms with Crippen molar-refractivity contribution in [3.05, 3.63) is 70.8 Å². The molecule has 4 heteroatoms. The summed E-state index contributed by atoms with van der Waals surface area (Å²) in [6.45, 7) is 1.99. The number of hydrogen-bond donors (Lipinski definition) is 1. The lowest BCUT2D eigenvalue weighted by atomic mass is 9.94. The zero-order valence-electron chi connectivity index (χ0n) is 11.3. The Morgan fingerprint density at radius 2 is 1.55 bits per heavy atom. The van der Waals surface area contributed by atoms with Gasteiger partial charge in [0.15, 0.2) is 0 Å². The highest BCUT2D eigenvalue weighted by molar-refractivity contribution is 5.38. The maximum absolute atomic E-state index is 12.6. The summed E-state index contributed by atoms with van der Waals surface area (Å²) < 4.78 is 37.7. The van der Waals surface area contributed by atoms with Gasteiger partial charge in [0.25, 0.3) is 0 Å². The Morgan fingerprint density at radius 3 is 2.05 bits per heavy atom. The Kier molecular flexibility index (Phi) is 4.14. The molecule has 106 valence electrons. The molecule has 0 spiro atoms. The molecule has 0 bridgehead atoms. The first-order valence-corrected chi connectivity index (χ1v) is 6.33. The topological polar surface area (TPSA) is 12.0 Å². The maximum atomic E-state index is 12.6. The highest BCUT2D eigenvalue weighted by Crippen LogP contribution is 2.31. The molecule has 0 saturated carbocycles. The molecule has 0 aliphatic heterocycles. The zero-order valence-corrected chi connectivity index (χ0v) is 11.3. The Hall–Kier alpha value is -1.81. The van der Waals surface area contributed by atoms with Gasteiger partial charge >= 0.3 is 6.18 Å². The number of alkyl halides is 3. The molecule has 0 aromatic heterocycles. The monoisotopic (exact) mass is 279 g/mol. The molecule has 0 radical (unpaired) electrons. The van der Waals surface area contributed by atoms with Gasteiger partial charge in [-0.15, -0.1) is 0 Å². The number of nitrogens with one attached hydrogen (secondary N) is 1. The highest BCUT2D eigenvalue weighted by Gasteiger charge is 2.30. The summed E-state index contributed by atoms with van der Waals surface area (Å²) in [7, 11) is 1.80. The van der Waals surface area contributed by atoms with Gasteiger partial charge in [-0.3, -0.25) is 0 Å². The van der Waals surface area contributed by atoms with E-state index in [0.29, 0.717) is 0 Å². The van der Waals surface area contributed by atoms with Crippen LogP contribution in [0.5, 0.6) is 0 Å². The van der Waals surface area contributed by atoms with Gasteiger partial charge in [-0.25, -0.2) is 0 Å². The Bertz CT molecular complexity index is 573. The average molecular weight is 279 g/mol. The van der Waals surface area contributed by atoms with Crippen molar-refractivity contribution in [2.24, 2.45) is 0 Å². The molecule has 2 rings (SSSR count). The van der Waals surface area contributed by atoms with E-state index in [9.17, 15) is 13.2 Å². The van der Waals surface area contributed by atoms with E-state index in [-0.39, 0.29) is 6.04 Å². The summed E-state index contributed by atoms with van der Waals surface area (Å²) in [4.78, 5) is 0. The summed E-state index contributed by atoms with van der Waals surface area (Å²) in [5, 5.41) is 3.15. The van der Waals surface area contributed by atoms with Gasteiger partial charge in [0.05, 0.1) is 11.6 Å². The van der Waals surface area contributed by atoms with Crippen LogP contribution in [0.3, 0.4) is 0 Å². The molecular formula is C16H16F3N. The Morgan fingerprint density at radius 1 is 0.950 bits per heavy atom. The van der Waals surface area contributed by atoms with Crippen molar-refractivity contribution in [2.75, 3.05) is 7.05 Å². The van der Waals surface area contributed by atoms with Crippen molar-refractivity contribution in [1.29, 1.82) is 0 Å². The van der Waals surface area contributed by atoms with E-state index in [0.717, 1.165) is 28.8 Å². The standard InChI is InChI=1S/C16H16F3N/c1-11-5-3-4-6-14(11)15(20-2)12-7-9-13(10-8-12)16(17,18)19/h3-10,15,20H,1-2H3. The first kappa shape index (κ1) is 14.6. The molecule has 0 saturated heterocycles. The lowest BCUT2D eigenvalue weighted by molar-refractivity contribution is -0.137. The lowest BCUT2D eigenvalue weighted by Crippen LogP contribution is -2.19. The summed E-state index contributed by atoms with van der Waals surface area (Å²) in [6.07, 6.45) is -4.30. The molecule has 0 aliphatic rings. The van der Waals surface area contributed by atoms with Crippen LogP contribution in [-0.4, -0.2) is 7.05 Å². The van der Waals surface area contributed by atoms with Gasteiger partial charge in [-0.1, -0.05) is 36.4 Å². The van der Waals surface area contributed by atoms with Crippen molar-refractivity contribution >= 4 is 0 Å². The minimum Gasteiger partial charge on any atom is -0.309 e. The largest absolute Gasteiger partial charge is 0.416 e. The first-order valence-electron chi connectivity index (χ1n) is 6.33. The van der Waals surface area contributed by atoms with Gasteiger partial charge in [0, 0.05) is 0 Å². The molecule has 0 heterocycles. The smallest absolute Gasteiger partial charge is 0.309 e. The van der Waals surface area contributed by atoms with Gasteiger partial charge in [-0.2, -0.15) is 13.2 Å². The predicted molar refractivity (Wildman–Crippen MR) is 73.5 cm³/mol. The molecule has 2 aromatic carbocycles. The number of hydrogen-bond acceptors (Lipinski definition) is 1. The number of benzene rings is 2. The van der Waals surface area contributed by atoms with Crippen LogP contribution >= 0.6 is 0 Å². The SMILES string of the molecule is CNC(c1ccc(C(F)(F)F)cc1)c1ccccc1C. The average Bonchev–Trinajstić information content (AvgIpc) is 2.41. The van der Waals surface area contributed by atoms with Gasteiger partial charge in [0.1, 0.15) is 0 Å². The third kappa shape index (κ3) is 3.02. The van der Waals surface area contributed by atoms with Crippen LogP contribution in [0.4, 0.5) is 13.2 Å². The number of halogens is 3. The van der Waals surface area contributed by atoms with Crippen molar-refractivity contribution in [2.45, 2.75) is 19.1 Å². The van der Waals surface area contributed by atoms with Gasteiger partial charge < -0.3 is 5.32 Å². The fraction of sp³-hybridized carbons (Fsp3) is 0.250. The van der Waals surface area contributed by atoms with Crippen molar-refractivity contribution in [3.63, 3.8) is 0 Å². The molecule has 0 fully saturated rings. The molecule has 20 heavy (non-hydrogen) atoms. The number of aryl methyl sites for hydroxylation is 1. The lowest BCUT2D eigenvalue weighted by Gasteiger charge is -2.20. The second-order valence-corrected chi connectivity index (χ2v) is 4.70. The summed E-state index contributed by atoms with van der Waals surface area (Å²) >= 11 is 0. The molecule has 1 unspecified atom stereocenters. The van der Waals surface area contributed by atoms with E-state index in [1.54, 1.807) is 7.05 Å². The van der Waals surface area contributed by atoms with Gasteiger partial charge in [0.2, 0.25) is 0 Å². The molecular weight excluding hydrogens is 263 g/mol. The molecule has 0 amide bonds.